The van der Waals surface area contributed by atoms with E-state index in [2.05, 4.69) is 26.1 Å². The van der Waals surface area contributed by atoms with Crippen LogP contribution in [0.5, 0.6) is 0 Å². The SMILES string of the molecule is CC(CNC1CCCC(C)C1C)CN(C)C(=O)OC(C)(C)C. The maximum absolute atomic E-state index is 12.0. The number of nitrogens with zero attached hydrogens (tertiary/aromatic N) is 1. The minimum atomic E-state index is -0.430. The van der Waals surface area contributed by atoms with E-state index in [-0.39, 0.29) is 6.09 Å². The van der Waals surface area contributed by atoms with Crippen LogP contribution in [0.15, 0.2) is 0 Å². The van der Waals surface area contributed by atoms with Gasteiger partial charge in [0.25, 0.3) is 0 Å². The highest BCUT2D eigenvalue weighted by Crippen LogP contribution is 2.29. The molecule has 1 amide bonds. The van der Waals surface area contributed by atoms with Crippen molar-refractivity contribution in [3.8, 4) is 0 Å². The van der Waals surface area contributed by atoms with Crippen molar-refractivity contribution in [3.63, 3.8) is 0 Å². The number of hydrogen-bond acceptors (Lipinski definition) is 3. The van der Waals surface area contributed by atoms with Crippen LogP contribution < -0.4 is 5.32 Å². The summed E-state index contributed by atoms with van der Waals surface area (Å²) in [6.45, 7) is 14.3. The van der Waals surface area contributed by atoms with E-state index in [1.807, 2.05) is 27.8 Å². The van der Waals surface area contributed by atoms with Crippen molar-refractivity contribution in [3.05, 3.63) is 0 Å². The van der Waals surface area contributed by atoms with Crippen molar-refractivity contribution < 1.29 is 9.53 Å². The van der Waals surface area contributed by atoms with Gasteiger partial charge in [-0.2, -0.15) is 0 Å². The maximum atomic E-state index is 12.0. The molecule has 0 aromatic carbocycles. The molecule has 4 heteroatoms. The molecule has 4 atom stereocenters. The van der Waals surface area contributed by atoms with E-state index in [1.165, 1.54) is 19.3 Å². The van der Waals surface area contributed by atoms with Crippen LogP contribution in [0, 0.1) is 17.8 Å². The predicted molar refractivity (Wildman–Crippen MR) is 92.0 cm³/mol. The molecular formula is C18H36N2O2. The highest BCUT2D eigenvalue weighted by atomic mass is 16.6. The number of carbonyl (C=O) groups is 1. The van der Waals surface area contributed by atoms with Crippen LogP contribution in [0.25, 0.3) is 0 Å². The fourth-order valence-electron chi connectivity index (χ4n) is 3.17. The molecule has 0 saturated heterocycles. The Kier molecular flexibility index (Phi) is 7.17. The van der Waals surface area contributed by atoms with Gasteiger partial charge in [0.05, 0.1) is 0 Å². The zero-order valence-electron chi connectivity index (χ0n) is 15.6. The molecule has 1 fully saturated rings. The first-order valence-electron chi connectivity index (χ1n) is 8.77. The van der Waals surface area contributed by atoms with Crippen LogP contribution in [0.2, 0.25) is 0 Å². The molecule has 4 unspecified atom stereocenters. The molecule has 22 heavy (non-hydrogen) atoms. The fraction of sp³-hybridized carbons (Fsp3) is 0.944. The van der Waals surface area contributed by atoms with Crippen LogP contribution in [-0.4, -0.2) is 42.8 Å². The lowest BCUT2D eigenvalue weighted by Crippen LogP contribution is -2.44. The zero-order valence-corrected chi connectivity index (χ0v) is 15.6. The molecule has 130 valence electrons. The van der Waals surface area contributed by atoms with Crippen LogP contribution in [0.4, 0.5) is 4.79 Å². The summed E-state index contributed by atoms with van der Waals surface area (Å²) in [6, 6.07) is 0.623. The van der Waals surface area contributed by atoms with Crippen LogP contribution in [0.1, 0.15) is 60.8 Å². The van der Waals surface area contributed by atoms with Crippen molar-refractivity contribution in [1.29, 1.82) is 0 Å². The number of carbonyl (C=O) groups excluding carboxylic acids is 1. The second kappa shape index (κ2) is 8.19. The number of nitrogens with one attached hydrogen (secondary N) is 1. The smallest absolute Gasteiger partial charge is 0.410 e. The third-order valence-electron chi connectivity index (χ3n) is 4.73. The van der Waals surface area contributed by atoms with Gasteiger partial charge in [-0.25, -0.2) is 4.79 Å². The van der Waals surface area contributed by atoms with Crippen molar-refractivity contribution >= 4 is 6.09 Å². The minimum absolute atomic E-state index is 0.237. The highest BCUT2D eigenvalue weighted by Gasteiger charge is 2.27. The van der Waals surface area contributed by atoms with Gasteiger partial charge in [0.1, 0.15) is 5.60 Å². The van der Waals surface area contributed by atoms with E-state index >= 15 is 0 Å². The summed E-state index contributed by atoms with van der Waals surface area (Å²) in [5, 5.41) is 3.72. The first-order valence-corrected chi connectivity index (χ1v) is 8.77. The summed E-state index contributed by atoms with van der Waals surface area (Å²) in [5.41, 5.74) is -0.430. The zero-order chi connectivity index (χ0) is 16.9. The van der Waals surface area contributed by atoms with Crippen LogP contribution >= 0.6 is 0 Å². The summed E-state index contributed by atoms with van der Waals surface area (Å²) in [5.74, 6) is 1.97. The van der Waals surface area contributed by atoms with E-state index < -0.39 is 5.60 Å². The number of rotatable bonds is 5. The molecule has 1 saturated carbocycles. The van der Waals surface area contributed by atoms with Crippen LogP contribution in [0.3, 0.4) is 0 Å². The molecule has 1 aliphatic carbocycles. The Morgan fingerprint density at radius 2 is 1.95 bits per heavy atom. The lowest BCUT2D eigenvalue weighted by Gasteiger charge is -2.35. The average molecular weight is 312 g/mol. The topological polar surface area (TPSA) is 41.6 Å². The Morgan fingerprint density at radius 3 is 2.55 bits per heavy atom. The predicted octanol–water partition coefficient (Wildman–Crippen LogP) is 3.90. The molecule has 0 radical (unpaired) electrons. The largest absolute Gasteiger partial charge is 0.444 e. The molecule has 0 aromatic heterocycles. The molecule has 4 nitrogen and oxygen atoms in total. The first-order chi connectivity index (χ1) is 10.1. The summed E-state index contributed by atoms with van der Waals surface area (Å²) < 4.78 is 5.39. The second-order valence-corrected chi connectivity index (χ2v) is 8.25. The number of ether oxygens (including phenoxy) is 1. The van der Waals surface area contributed by atoms with Crippen molar-refractivity contribution in [2.75, 3.05) is 20.1 Å². The summed E-state index contributed by atoms with van der Waals surface area (Å²) >= 11 is 0. The minimum Gasteiger partial charge on any atom is -0.444 e. The Morgan fingerprint density at radius 1 is 1.32 bits per heavy atom. The van der Waals surface area contributed by atoms with Gasteiger partial charge in [-0.15, -0.1) is 0 Å². The van der Waals surface area contributed by atoms with E-state index in [0.717, 1.165) is 24.9 Å². The van der Waals surface area contributed by atoms with E-state index in [4.69, 9.17) is 4.74 Å². The first kappa shape index (κ1) is 19.3. The Hall–Kier alpha value is -0.770. The Balaban J connectivity index is 2.33. The molecule has 0 aliphatic heterocycles. The van der Waals surface area contributed by atoms with Gasteiger partial charge in [0, 0.05) is 19.6 Å². The van der Waals surface area contributed by atoms with Gasteiger partial charge in [0.15, 0.2) is 0 Å². The van der Waals surface area contributed by atoms with Gasteiger partial charge in [-0.05, 0) is 51.5 Å². The van der Waals surface area contributed by atoms with Crippen molar-refractivity contribution in [2.24, 2.45) is 17.8 Å². The van der Waals surface area contributed by atoms with Gasteiger partial charge >= 0.3 is 6.09 Å². The van der Waals surface area contributed by atoms with Gasteiger partial charge < -0.3 is 15.0 Å². The van der Waals surface area contributed by atoms with Crippen molar-refractivity contribution in [2.45, 2.75) is 72.4 Å². The lowest BCUT2D eigenvalue weighted by molar-refractivity contribution is 0.0275. The van der Waals surface area contributed by atoms with E-state index in [9.17, 15) is 4.79 Å². The Labute approximate surface area is 137 Å². The summed E-state index contributed by atoms with van der Waals surface area (Å²) in [7, 11) is 1.82. The highest BCUT2D eigenvalue weighted by molar-refractivity contribution is 5.67. The van der Waals surface area contributed by atoms with Gasteiger partial charge in [0.2, 0.25) is 0 Å². The van der Waals surface area contributed by atoms with Crippen LogP contribution in [-0.2, 0) is 4.74 Å². The third kappa shape index (κ3) is 6.55. The average Bonchev–Trinajstić information content (AvgIpc) is 2.38. The van der Waals surface area contributed by atoms with E-state index in [1.54, 1.807) is 4.90 Å². The van der Waals surface area contributed by atoms with Gasteiger partial charge in [-0.3, -0.25) is 0 Å². The van der Waals surface area contributed by atoms with Gasteiger partial charge in [-0.1, -0.05) is 33.6 Å². The molecule has 0 aromatic rings. The molecule has 1 rings (SSSR count). The molecule has 1 N–H and O–H groups in total. The standard InChI is InChI=1S/C18H36N2O2/c1-13(12-20(7)17(21)22-18(4,5)6)11-19-16-10-8-9-14(2)15(16)3/h13-16,19H,8-12H2,1-7H3. The molecule has 0 heterocycles. The molecular weight excluding hydrogens is 276 g/mol. The maximum Gasteiger partial charge on any atom is 0.410 e. The quantitative estimate of drug-likeness (QED) is 0.837. The number of amides is 1. The third-order valence-corrected chi connectivity index (χ3v) is 4.73. The number of hydrogen-bond donors (Lipinski definition) is 1. The summed E-state index contributed by atoms with van der Waals surface area (Å²) in [4.78, 5) is 13.7. The molecule has 1 aliphatic rings. The van der Waals surface area contributed by atoms with Crippen molar-refractivity contribution in [1.82, 2.24) is 10.2 Å². The monoisotopic (exact) mass is 312 g/mol. The second-order valence-electron chi connectivity index (χ2n) is 8.25. The Bertz CT molecular complexity index is 351. The molecule has 0 spiro atoms. The lowest BCUT2D eigenvalue weighted by atomic mass is 9.78. The molecule has 0 bridgehead atoms. The van der Waals surface area contributed by atoms with E-state index in [0.29, 0.717) is 12.0 Å². The summed E-state index contributed by atoms with van der Waals surface area (Å²) in [6.07, 6.45) is 3.73. The fourth-order valence-corrected chi connectivity index (χ4v) is 3.17. The normalized spacial score (nSPS) is 27.3.